The highest BCUT2D eigenvalue weighted by molar-refractivity contribution is 9.10. The Labute approximate surface area is 162 Å². The van der Waals surface area contributed by atoms with Crippen molar-refractivity contribution in [3.8, 4) is 33.4 Å². The molecule has 0 saturated carbocycles. The molecule has 5 rings (SSSR count). The van der Waals surface area contributed by atoms with E-state index < -0.39 is 0 Å². The van der Waals surface area contributed by atoms with Crippen LogP contribution in [-0.2, 0) is 6.42 Å². The zero-order valence-electron chi connectivity index (χ0n) is 14.2. The Balaban J connectivity index is 1.55. The molecule has 0 amide bonds. The van der Waals surface area contributed by atoms with Crippen molar-refractivity contribution in [2.45, 2.75) is 6.42 Å². The van der Waals surface area contributed by atoms with Crippen molar-refractivity contribution in [3.05, 3.63) is 107 Å². The van der Waals surface area contributed by atoms with Crippen LogP contribution in [0.2, 0.25) is 0 Å². The molecular formula is C25H17Br. The lowest BCUT2D eigenvalue weighted by Gasteiger charge is -2.09. The van der Waals surface area contributed by atoms with Crippen molar-refractivity contribution in [3.63, 3.8) is 0 Å². The number of hydrogen-bond donors (Lipinski definition) is 0. The van der Waals surface area contributed by atoms with E-state index in [1.807, 2.05) is 0 Å². The third-order valence-electron chi connectivity index (χ3n) is 5.19. The molecule has 26 heavy (non-hydrogen) atoms. The topological polar surface area (TPSA) is 0 Å². The van der Waals surface area contributed by atoms with Crippen molar-refractivity contribution in [1.29, 1.82) is 0 Å². The maximum Gasteiger partial charge on any atom is 0.0256 e. The van der Waals surface area contributed by atoms with E-state index in [1.165, 1.54) is 49.0 Å². The van der Waals surface area contributed by atoms with Crippen LogP contribution in [0.4, 0.5) is 0 Å². The van der Waals surface area contributed by atoms with Gasteiger partial charge in [0.25, 0.3) is 0 Å². The number of halogens is 1. The van der Waals surface area contributed by atoms with Gasteiger partial charge in [-0.2, -0.15) is 0 Å². The van der Waals surface area contributed by atoms with E-state index in [4.69, 9.17) is 0 Å². The first-order valence-electron chi connectivity index (χ1n) is 8.86. The van der Waals surface area contributed by atoms with Gasteiger partial charge >= 0.3 is 0 Å². The van der Waals surface area contributed by atoms with E-state index in [1.54, 1.807) is 0 Å². The summed E-state index contributed by atoms with van der Waals surface area (Å²) >= 11 is 3.73. The van der Waals surface area contributed by atoms with Crippen LogP contribution in [0.15, 0.2) is 95.5 Å². The molecule has 1 aliphatic carbocycles. The normalized spacial score (nSPS) is 11.9. The minimum Gasteiger partial charge on any atom is -0.0622 e. The summed E-state index contributed by atoms with van der Waals surface area (Å²) in [4.78, 5) is 0. The predicted molar refractivity (Wildman–Crippen MR) is 113 cm³/mol. The lowest BCUT2D eigenvalue weighted by Crippen LogP contribution is -1.84. The van der Waals surface area contributed by atoms with E-state index in [2.05, 4.69) is 107 Å². The van der Waals surface area contributed by atoms with Gasteiger partial charge in [-0.15, -0.1) is 0 Å². The maximum absolute atomic E-state index is 3.73. The van der Waals surface area contributed by atoms with Gasteiger partial charge < -0.3 is 0 Å². The molecule has 0 atom stereocenters. The molecule has 0 heterocycles. The number of benzene rings is 4. The molecule has 0 aliphatic heterocycles. The average Bonchev–Trinajstić information content (AvgIpc) is 3.08. The van der Waals surface area contributed by atoms with Gasteiger partial charge in [0.2, 0.25) is 0 Å². The smallest absolute Gasteiger partial charge is 0.0256 e. The molecule has 0 bridgehead atoms. The van der Waals surface area contributed by atoms with Gasteiger partial charge in [0.1, 0.15) is 0 Å². The fraction of sp³-hybridized carbons (Fsp3) is 0.0400. The molecule has 0 nitrogen and oxygen atoms in total. The summed E-state index contributed by atoms with van der Waals surface area (Å²) < 4.78 is 1.19. The minimum absolute atomic E-state index is 1.03. The van der Waals surface area contributed by atoms with Crippen LogP contribution >= 0.6 is 15.9 Å². The van der Waals surface area contributed by atoms with Gasteiger partial charge in [-0.05, 0) is 63.1 Å². The second kappa shape index (κ2) is 6.26. The molecule has 4 aromatic rings. The highest BCUT2D eigenvalue weighted by Crippen LogP contribution is 2.42. The Bertz CT molecular complexity index is 1090. The summed E-state index contributed by atoms with van der Waals surface area (Å²) in [7, 11) is 0. The summed E-state index contributed by atoms with van der Waals surface area (Å²) in [5.74, 6) is 0. The second-order valence-corrected chi connectivity index (χ2v) is 7.62. The summed E-state index contributed by atoms with van der Waals surface area (Å²) in [6.07, 6.45) is 1.03. The molecule has 1 aliphatic rings. The Hall–Kier alpha value is -2.64. The number of fused-ring (bicyclic) bond motifs is 3. The Morgan fingerprint density at radius 3 is 1.96 bits per heavy atom. The van der Waals surface area contributed by atoms with Gasteiger partial charge in [-0.25, -0.2) is 0 Å². The lowest BCUT2D eigenvalue weighted by molar-refractivity contribution is 1.26. The van der Waals surface area contributed by atoms with Crippen molar-refractivity contribution >= 4 is 15.9 Å². The van der Waals surface area contributed by atoms with Crippen LogP contribution in [-0.4, -0.2) is 0 Å². The Kier molecular flexibility index (Phi) is 3.76. The van der Waals surface area contributed by atoms with Crippen LogP contribution in [0, 0.1) is 0 Å². The Morgan fingerprint density at radius 2 is 1.19 bits per heavy atom. The van der Waals surface area contributed by atoms with Crippen molar-refractivity contribution in [1.82, 2.24) is 0 Å². The first-order valence-corrected chi connectivity index (χ1v) is 9.65. The molecule has 0 spiro atoms. The zero-order chi connectivity index (χ0) is 17.5. The molecule has 0 unspecified atom stereocenters. The van der Waals surface area contributed by atoms with Crippen LogP contribution < -0.4 is 0 Å². The first-order chi connectivity index (χ1) is 12.8. The van der Waals surface area contributed by atoms with E-state index in [-0.39, 0.29) is 0 Å². The van der Waals surface area contributed by atoms with E-state index in [9.17, 15) is 0 Å². The van der Waals surface area contributed by atoms with Gasteiger partial charge in [0.15, 0.2) is 0 Å². The SMILES string of the molecule is Brc1cccc2c1-c1cc(-c3ccc(-c4ccccc4)cc3)ccc1C2. The number of hydrogen-bond acceptors (Lipinski definition) is 0. The average molecular weight is 397 g/mol. The van der Waals surface area contributed by atoms with Crippen molar-refractivity contribution in [2.75, 3.05) is 0 Å². The highest BCUT2D eigenvalue weighted by Gasteiger charge is 2.20. The van der Waals surface area contributed by atoms with E-state index in [0.717, 1.165) is 6.42 Å². The van der Waals surface area contributed by atoms with E-state index >= 15 is 0 Å². The zero-order valence-corrected chi connectivity index (χ0v) is 15.8. The highest BCUT2D eigenvalue weighted by atomic mass is 79.9. The van der Waals surface area contributed by atoms with Crippen molar-refractivity contribution in [2.24, 2.45) is 0 Å². The molecule has 1 heteroatoms. The fourth-order valence-electron chi connectivity index (χ4n) is 3.85. The largest absolute Gasteiger partial charge is 0.0622 e. The van der Waals surface area contributed by atoms with E-state index in [0.29, 0.717) is 0 Å². The fourth-order valence-corrected chi connectivity index (χ4v) is 4.47. The van der Waals surface area contributed by atoms with Crippen LogP contribution in [0.1, 0.15) is 11.1 Å². The molecule has 0 N–H and O–H groups in total. The van der Waals surface area contributed by atoms with Crippen LogP contribution in [0.3, 0.4) is 0 Å². The molecule has 0 radical (unpaired) electrons. The summed E-state index contributed by atoms with van der Waals surface area (Å²) in [6, 6.07) is 32.7. The molecule has 4 aromatic carbocycles. The Morgan fingerprint density at radius 1 is 0.538 bits per heavy atom. The van der Waals surface area contributed by atoms with Crippen LogP contribution in [0.5, 0.6) is 0 Å². The van der Waals surface area contributed by atoms with Crippen LogP contribution in [0.25, 0.3) is 33.4 Å². The molecule has 0 saturated heterocycles. The first kappa shape index (κ1) is 15.6. The molecular weight excluding hydrogens is 380 g/mol. The number of rotatable bonds is 2. The second-order valence-electron chi connectivity index (χ2n) is 6.77. The van der Waals surface area contributed by atoms with Gasteiger partial charge in [-0.3, -0.25) is 0 Å². The monoisotopic (exact) mass is 396 g/mol. The van der Waals surface area contributed by atoms with Gasteiger partial charge in [-0.1, -0.05) is 94.8 Å². The quantitative estimate of drug-likeness (QED) is 0.292. The van der Waals surface area contributed by atoms with Gasteiger partial charge in [0.05, 0.1) is 0 Å². The summed E-state index contributed by atoms with van der Waals surface area (Å²) in [5, 5.41) is 0. The molecule has 0 fully saturated rings. The summed E-state index contributed by atoms with van der Waals surface area (Å²) in [6.45, 7) is 0. The maximum atomic E-state index is 3.73. The third kappa shape index (κ3) is 2.60. The molecule has 124 valence electrons. The third-order valence-corrected chi connectivity index (χ3v) is 5.85. The standard InChI is InChI=1S/C25H17Br/c26-24-8-4-7-22-15-21-14-13-20(16-23(21)25(22)24)19-11-9-18(10-12-19)17-5-2-1-3-6-17/h1-14,16H,15H2. The van der Waals surface area contributed by atoms with Gasteiger partial charge in [0, 0.05) is 4.47 Å². The minimum atomic E-state index is 1.03. The van der Waals surface area contributed by atoms with Crippen molar-refractivity contribution < 1.29 is 0 Å². The predicted octanol–water partition coefficient (Wildman–Crippen LogP) is 7.35. The lowest BCUT2D eigenvalue weighted by atomic mass is 9.97. The summed E-state index contributed by atoms with van der Waals surface area (Å²) in [5.41, 5.74) is 10.6. The molecule has 0 aromatic heterocycles.